The maximum atomic E-state index is 10.9. The van der Waals surface area contributed by atoms with Crippen molar-refractivity contribution in [1.29, 1.82) is 0 Å². The molecular formula is C21H15ClNO3-. The van der Waals surface area contributed by atoms with Crippen LogP contribution in [0, 0.1) is 0 Å². The number of carbonyl (C=O) groups excluding carboxylic acids is 1. The molecule has 4 nitrogen and oxygen atoms in total. The summed E-state index contributed by atoms with van der Waals surface area (Å²) in [5.74, 6) is -0.545. The van der Waals surface area contributed by atoms with Crippen LogP contribution in [0.2, 0.25) is 5.02 Å². The monoisotopic (exact) mass is 364 g/mol. The number of nitrogens with zero attached hydrogens (tertiary/aromatic N) is 1. The van der Waals surface area contributed by atoms with Gasteiger partial charge >= 0.3 is 0 Å². The third-order valence-electron chi connectivity index (χ3n) is 3.66. The minimum Gasteiger partial charge on any atom is -0.545 e. The van der Waals surface area contributed by atoms with Gasteiger partial charge in [0, 0.05) is 16.8 Å². The zero-order chi connectivity index (χ0) is 18.4. The van der Waals surface area contributed by atoms with Crippen molar-refractivity contribution in [3.05, 3.63) is 94.5 Å². The summed E-state index contributed by atoms with van der Waals surface area (Å²) in [4.78, 5) is 15.3. The Morgan fingerprint density at radius 1 is 1.04 bits per heavy atom. The Morgan fingerprint density at radius 2 is 1.81 bits per heavy atom. The predicted octanol–water partition coefficient (Wildman–Crippen LogP) is 4.03. The van der Waals surface area contributed by atoms with Crippen molar-refractivity contribution < 1.29 is 14.6 Å². The Balaban J connectivity index is 1.75. The minimum atomic E-state index is -1.23. The van der Waals surface area contributed by atoms with Gasteiger partial charge in [-0.05, 0) is 47.5 Å². The summed E-state index contributed by atoms with van der Waals surface area (Å²) in [7, 11) is 0. The lowest BCUT2D eigenvalue weighted by molar-refractivity contribution is -0.255. The van der Waals surface area contributed by atoms with E-state index < -0.39 is 5.97 Å². The summed E-state index contributed by atoms with van der Waals surface area (Å²) in [6.07, 6.45) is 1.64. The number of hydrogen-bond donors (Lipinski definition) is 0. The normalized spacial score (nSPS) is 10.8. The van der Waals surface area contributed by atoms with Crippen molar-refractivity contribution in [2.75, 3.05) is 0 Å². The summed E-state index contributed by atoms with van der Waals surface area (Å²) in [6.45, 7) is 0.405. The number of ether oxygens (including phenoxy) is 1. The molecule has 26 heavy (non-hydrogen) atoms. The van der Waals surface area contributed by atoms with Crippen LogP contribution in [-0.2, 0) is 6.61 Å². The summed E-state index contributed by atoms with van der Waals surface area (Å²) < 4.78 is 5.87. The van der Waals surface area contributed by atoms with Crippen LogP contribution in [0.5, 0.6) is 5.75 Å². The fourth-order valence-corrected chi connectivity index (χ4v) is 2.44. The predicted molar refractivity (Wildman–Crippen MR) is 100 cm³/mol. The number of rotatable bonds is 6. The van der Waals surface area contributed by atoms with Gasteiger partial charge in [-0.2, -0.15) is 0 Å². The number of carboxylic acids is 1. The van der Waals surface area contributed by atoms with Crippen LogP contribution in [0.3, 0.4) is 0 Å². The van der Waals surface area contributed by atoms with Gasteiger partial charge in [-0.25, -0.2) is 0 Å². The van der Waals surface area contributed by atoms with Crippen LogP contribution < -0.4 is 9.84 Å². The molecule has 0 aliphatic rings. The summed E-state index contributed by atoms with van der Waals surface area (Å²) in [6, 6.07) is 21.2. The summed E-state index contributed by atoms with van der Waals surface area (Å²) in [5, 5.41) is 11.6. The maximum absolute atomic E-state index is 10.9. The highest BCUT2D eigenvalue weighted by Crippen LogP contribution is 2.20. The van der Waals surface area contributed by atoms with Gasteiger partial charge in [0.25, 0.3) is 0 Å². The van der Waals surface area contributed by atoms with Crippen LogP contribution in [0.4, 0.5) is 5.69 Å². The molecule has 0 spiro atoms. The molecule has 0 fully saturated rings. The molecule has 3 aromatic carbocycles. The summed E-state index contributed by atoms with van der Waals surface area (Å²) >= 11 is 5.89. The van der Waals surface area contributed by atoms with Crippen molar-refractivity contribution >= 4 is 29.5 Å². The quantitative estimate of drug-likeness (QED) is 0.620. The third kappa shape index (κ3) is 4.71. The Morgan fingerprint density at radius 3 is 2.58 bits per heavy atom. The van der Waals surface area contributed by atoms with E-state index in [0.717, 1.165) is 11.1 Å². The molecule has 0 aliphatic carbocycles. The zero-order valence-corrected chi connectivity index (χ0v) is 14.5. The lowest BCUT2D eigenvalue weighted by Gasteiger charge is -2.09. The van der Waals surface area contributed by atoms with Crippen molar-refractivity contribution in [2.24, 2.45) is 4.99 Å². The van der Waals surface area contributed by atoms with E-state index in [2.05, 4.69) is 4.99 Å². The molecule has 0 saturated heterocycles. The second kappa shape index (κ2) is 8.32. The molecule has 0 radical (unpaired) electrons. The van der Waals surface area contributed by atoms with E-state index in [0.29, 0.717) is 23.1 Å². The van der Waals surface area contributed by atoms with E-state index in [-0.39, 0.29) is 5.56 Å². The Bertz CT molecular complexity index is 936. The van der Waals surface area contributed by atoms with E-state index in [4.69, 9.17) is 16.3 Å². The Labute approximate surface area is 156 Å². The fraction of sp³-hybridized carbons (Fsp3) is 0.0476. The first-order valence-electron chi connectivity index (χ1n) is 7.93. The van der Waals surface area contributed by atoms with Gasteiger partial charge in [-0.15, -0.1) is 0 Å². The standard InChI is InChI=1S/C21H16ClNO3/c22-18-10-8-15(9-11-18)14-26-20-7-2-1-4-17(20)13-23-19-6-3-5-16(12-19)21(24)25/h1-13H,14H2,(H,24,25)/p-1. The number of halogens is 1. The fourth-order valence-electron chi connectivity index (χ4n) is 2.32. The first-order valence-corrected chi connectivity index (χ1v) is 8.31. The number of aliphatic imine (C=N–C) groups is 1. The molecule has 0 amide bonds. The average molecular weight is 365 g/mol. The highest BCUT2D eigenvalue weighted by molar-refractivity contribution is 6.30. The number of carboxylic acid groups (broad SMARTS) is 1. The SMILES string of the molecule is O=C([O-])c1cccc(N=Cc2ccccc2OCc2ccc(Cl)cc2)c1. The van der Waals surface area contributed by atoms with E-state index in [1.165, 1.54) is 12.1 Å². The number of para-hydroxylation sites is 1. The second-order valence-electron chi connectivity index (χ2n) is 5.55. The van der Waals surface area contributed by atoms with Gasteiger partial charge in [0.05, 0.1) is 11.7 Å². The van der Waals surface area contributed by atoms with Gasteiger partial charge < -0.3 is 14.6 Å². The van der Waals surface area contributed by atoms with E-state index in [9.17, 15) is 9.90 Å². The Hall–Kier alpha value is -3.11. The van der Waals surface area contributed by atoms with Crippen molar-refractivity contribution in [2.45, 2.75) is 6.61 Å². The molecule has 0 unspecified atom stereocenters. The molecule has 3 rings (SSSR count). The second-order valence-corrected chi connectivity index (χ2v) is 5.99. The van der Waals surface area contributed by atoms with Gasteiger partial charge in [0.1, 0.15) is 12.4 Å². The van der Waals surface area contributed by atoms with Gasteiger partial charge in [0.15, 0.2) is 0 Å². The topological polar surface area (TPSA) is 61.7 Å². The molecule has 0 N–H and O–H groups in total. The van der Waals surface area contributed by atoms with Crippen LogP contribution in [0.1, 0.15) is 21.5 Å². The van der Waals surface area contributed by atoms with E-state index in [1.54, 1.807) is 18.3 Å². The van der Waals surface area contributed by atoms with E-state index in [1.807, 2.05) is 48.5 Å². The van der Waals surface area contributed by atoms with Crippen LogP contribution in [0.25, 0.3) is 0 Å². The van der Waals surface area contributed by atoms with Crippen LogP contribution >= 0.6 is 11.6 Å². The van der Waals surface area contributed by atoms with Gasteiger partial charge in [0.2, 0.25) is 0 Å². The van der Waals surface area contributed by atoms with Crippen LogP contribution in [-0.4, -0.2) is 12.2 Å². The first kappa shape index (κ1) is 17.7. The number of hydrogen-bond acceptors (Lipinski definition) is 4. The maximum Gasteiger partial charge on any atom is 0.128 e. The minimum absolute atomic E-state index is 0.0897. The molecular weight excluding hydrogens is 350 g/mol. The zero-order valence-electron chi connectivity index (χ0n) is 13.8. The number of carbonyl (C=O) groups is 1. The lowest BCUT2D eigenvalue weighted by Crippen LogP contribution is -2.21. The molecule has 0 aromatic heterocycles. The highest BCUT2D eigenvalue weighted by atomic mass is 35.5. The van der Waals surface area contributed by atoms with Gasteiger partial charge in [-0.3, -0.25) is 4.99 Å². The molecule has 3 aromatic rings. The number of aromatic carboxylic acids is 1. The van der Waals surface area contributed by atoms with Crippen LogP contribution in [0.15, 0.2) is 77.8 Å². The molecule has 130 valence electrons. The first-order chi connectivity index (χ1) is 12.6. The lowest BCUT2D eigenvalue weighted by atomic mass is 10.2. The highest BCUT2D eigenvalue weighted by Gasteiger charge is 2.02. The third-order valence-corrected chi connectivity index (χ3v) is 3.91. The van der Waals surface area contributed by atoms with Crippen molar-refractivity contribution in [1.82, 2.24) is 0 Å². The smallest absolute Gasteiger partial charge is 0.128 e. The molecule has 0 heterocycles. The molecule has 0 aliphatic heterocycles. The largest absolute Gasteiger partial charge is 0.545 e. The van der Waals surface area contributed by atoms with Crippen molar-refractivity contribution in [3.63, 3.8) is 0 Å². The molecule has 0 saturated carbocycles. The average Bonchev–Trinajstić information content (AvgIpc) is 2.67. The molecule has 5 heteroatoms. The van der Waals surface area contributed by atoms with E-state index >= 15 is 0 Å². The van der Waals surface area contributed by atoms with Gasteiger partial charge in [-0.1, -0.05) is 48.0 Å². The number of benzene rings is 3. The Kier molecular flexibility index (Phi) is 5.66. The molecule has 0 bridgehead atoms. The van der Waals surface area contributed by atoms with Crippen molar-refractivity contribution in [3.8, 4) is 5.75 Å². The molecule has 0 atom stereocenters. The summed E-state index contributed by atoms with van der Waals surface area (Å²) in [5.41, 5.74) is 2.41.